The molecule has 0 aliphatic carbocycles. The molecule has 6 heteroatoms. The van der Waals surface area contributed by atoms with Crippen molar-refractivity contribution in [3.05, 3.63) is 78.1 Å². The van der Waals surface area contributed by atoms with Gasteiger partial charge in [0.05, 0.1) is 13.5 Å². The van der Waals surface area contributed by atoms with E-state index in [1.165, 1.54) is 0 Å². The second kappa shape index (κ2) is 10.3. The Morgan fingerprint density at radius 1 is 1.00 bits per heavy atom. The van der Waals surface area contributed by atoms with Crippen LogP contribution in [0.4, 0.5) is 0 Å². The Morgan fingerprint density at radius 2 is 1.73 bits per heavy atom. The molecule has 156 valence electrons. The summed E-state index contributed by atoms with van der Waals surface area (Å²) in [5.41, 5.74) is 1.82. The number of furan rings is 1. The third-order valence-electron chi connectivity index (χ3n) is 4.62. The van der Waals surface area contributed by atoms with Gasteiger partial charge in [0, 0.05) is 24.1 Å². The highest BCUT2D eigenvalue weighted by molar-refractivity contribution is 5.83. The molecule has 1 atom stereocenters. The molecule has 6 nitrogen and oxygen atoms in total. The van der Waals surface area contributed by atoms with Crippen LogP contribution in [0.2, 0.25) is 0 Å². The molecule has 3 aromatic rings. The minimum atomic E-state index is -0.885. The molecule has 0 saturated heterocycles. The molecule has 1 unspecified atom stereocenters. The van der Waals surface area contributed by atoms with Crippen LogP contribution >= 0.6 is 0 Å². The maximum Gasteiger partial charge on any atom is 0.307 e. The molecule has 1 aromatic heterocycles. The van der Waals surface area contributed by atoms with Gasteiger partial charge in [0.15, 0.2) is 6.10 Å². The largest absolute Gasteiger partial charge is 0.496 e. The quantitative estimate of drug-likeness (QED) is 0.540. The minimum absolute atomic E-state index is 0.131. The summed E-state index contributed by atoms with van der Waals surface area (Å²) >= 11 is 0. The van der Waals surface area contributed by atoms with E-state index in [-0.39, 0.29) is 12.3 Å². The van der Waals surface area contributed by atoms with Crippen molar-refractivity contribution in [3.63, 3.8) is 0 Å². The number of nitrogens with one attached hydrogen (secondary N) is 1. The summed E-state index contributed by atoms with van der Waals surface area (Å²) < 4.78 is 16.3. The van der Waals surface area contributed by atoms with Crippen LogP contribution in [0.25, 0.3) is 11.3 Å². The number of ether oxygens (including phenoxy) is 2. The number of esters is 1. The van der Waals surface area contributed by atoms with Crippen LogP contribution < -0.4 is 10.1 Å². The van der Waals surface area contributed by atoms with Gasteiger partial charge >= 0.3 is 5.97 Å². The highest BCUT2D eigenvalue weighted by atomic mass is 16.5. The van der Waals surface area contributed by atoms with Crippen LogP contribution in [0.3, 0.4) is 0 Å². The molecule has 0 fully saturated rings. The van der Waals surface area contributed by atoms with Gasteiger partial charge in [0.1, 0.15) is 17.3 Å². The normalized spacial score (nSPS) is 11.5. The Kier molecular flexibility index (Phi) is 7.27. The summed E-state index contributed by atoms with van der Waals surface area (Å²) in [5, 5.41) is 2.76. The number of carbonyl (C=O) groups is 2. The van der Waals surface area contributed by atoms with Crippen molar-refractivity contribution < 1.29 is 23.5 Å². The standard InChI is InChI=1S/C24H25NO5/c1-17(24(27)25-16-19-10-6-7-11-21(19)28-2)29-23(26)15-13-20-12-14-22(30-20)18-8-4-3-5-9-18/h3-12,14,17H,13,15-16H2,1-2H3,(H,25,27). The Morgan fingerprint density at radius 3 is 2.50 bits per heavy atom. The Hall–Kier alpha value is -3.54. The van der Waals surface area contributed by atoms with E-state index < -0.39 is 12.1 Å². The molecule has 2 aromatic carbocycles. The van der Waals surface area contributed by atoms with E-state index in [0.717, 1.165) is 16.9 Å². The second-order valence-electron chi connectivity index (χ2n) is 6.79. The van der Waals surface area contributed by atoms with Crippen LogP contribution in [-0.2, 0) is 27.3 Å². The monoisotopic (exact) mass is 407 g/mol. The molecule has 0 spiro atoms. The zero-order valence-electron chi connectivity index (χ0n) is 17.1. The van der Waals surface area contributed by atoms with Crippen LogP contribution in [0.5, 0.6) is 5.75 Å². The average molecular weight is 407 g/mol. The Bertz CT molecular complexity index is 980. The Labute approximate surface area is 175 Å². The van der Waals surface area contributed by atoms with Crippen molar-refractivity contribution in [3.8, 4) is 17.1 Å². The number of methoxy groups -OCH3 is 1. The van der Waals surface area contributed by atoms with E-state index in [9.17, 15) is 9.59 Å². The van der Waals surface area contributed by atoms with Crippen molar-refractivity contribution in [2.45, 2.75) is 32.4 Å². The van der Waals surface area contributed by atoms with E-state index in [1.54, 1.807) is 14.0 Å². The molecule has 0 aliphatic heterocycles. The van der Waals surface area contributed by atoms with Gasteiger partial charge in [-0.15, -0.1) is 0 Å². The van der Waals surface area contributed by atoms with Gasteiger partial charge in [0.2, 0.25) is 0 Å². The van der Waals surface area contributed by atoms with Crippen LogP contribution in [0.15, 0.2) is 71.1 Å². The molecule has 1 N–H and O–H groups in total. The predicted molar refractivity (Wildman–Crippen MR) is 113 cm³/mol. The number of rotatable bonds is 9. The SMILES string of the molecule is COc1ccccc1CNC(=O)C(C)OC(=O)CCc1ccc(-c2ccccc2)o1. The minimum Gasteiger partial charge on any atom is -0.496 e. The van der Waals surface area contributed by atoms with Crippen molar-refractivity contribution >= 4 is 11.9 Å². The lowest BCUT2D eigenvalue weighted by atomic mass is 10.2. The van der Waals surface area contributed by atoms with Crippen molar-refractivity contribution in [1.82, 2.24) is 5.32 Å². The van der Waals surface area contributed by atoms with Crippen LogP contribution in [0, 0.1) is 0 Å². The average Bonchev–Trinajstić information content (AvgIpc) is 3.26. The van der Waals surface area contributed by atoms with Gasteiger partial charge in [-0.1, -0.05) is 48.5 Å². The third-order valence-corrected chi connectivity index (χ3v) is 4.62. The first kappa shape index (κ1) is 21.2. The van der Waals surface area contributed by atoms with E-state index in [2.05, 4.69) is 5.32 Å². The second-order valence-corrected chi connectivity index (χ2v) is 6.79. The van der Waals surface area contributed by atoms with Crippen LogP contribution in [0.1, 0.15) is 24.7 Å². The van der Waals surface area contributed by atoms with E-state index >= 15 is 0 Å². The van der Waals surface area contributed by atoms with E-state index in [4.69, 9.17) is 13.9 Å². The van der Waals surface area contributed by atoms with Gasteiger partial charge in [-0.05, 0) is 25.1 Å². The van der Waals surface area contributed by atoms with Gasteiger partial charge in [-0.2, -0.15) is 0 Å². The van der Waals surface area contributed by atoms with E-state index in [1.807, 2.05) is 66.7 Å². The summed E-state index contributed by atoms with van der Waals surface area (Å²) in [7, 11) is 1.58. The van der Waals surface area contributed by atoms with Gasteiger partial charge in [-0.25, -0.2) is 0 Å². The van der Waals surface area contributed by atoms with Gasteiger partial charge in [-0.3, -0.25) is 9.59 Å². The van der Waals surface area contributed by atoms with Crippen LogP contribution in [-0.4, -0.2) is 25.1 Å². The Balaban J connectivity index is 1.44. The number of carbonyl (C=O) groups excluding carboxylic acids is 2. The first-order chi connectivity index (χ1) is 14.6. The summed E-state index contributed by atoms with van der Waals surface area (Å²) in [4.78, 5) is 24.4. The topological polar surface area (TPSA) is 77.8 Å². The number of hydrogen-bond donors (Lipinski definition) is 1. The summed E-state index contributed by atoms with van der Waals surface area (Å²) in [6, 6.07) is 20.9. The maximum atomic E-state index is 12.2. The highest BCUT2D eigenvalue weighted by Gasteiger charge is 2.18. The third kappa shape index (κ3) is 5.73. The van der Waals surface area contributed by atoms with Crippen molar-refractivity contribution in [1.29, 1.82) is 0 Å². The molecule has 1 amide bonds. The molecular weight excluding hydrogens is 382 g/mol. The summed E-state index contributed by atoms with van der Waals surface area (Å²) in [6.07, 6.45) is -0.351. The van der Waals surface area contributed by atoms with Gasteiger partial charge in [0.25, 0.3) is 5.91 Å². The molecule has 3 rings (SSSR count). The fourth-order valence-corrected chi connectivity index (χ4v) is 2.98. The number of amides is 1. The first-order valence-electron chi connectivity index (χ1n) is 9.80. The highest BCUT2D eigenvalue weighted by Crippen LogP contribution is 2.22. The predicted octanol–water partition coefficient (Wildman–Crippen LogP) is 4.14. The lowest BCUT2D eigenvalue weighted by Crippen LogP contribution is -2.35. The number of benzene rings is 2. The lowest BCUT2D eigenvalue weighted by molar-refractivity contribution is -0.154. The maximum absolute atomic E-state index is 12.2. The first-order valence-corrected chi connectivity index (χ1v) is 9.80. The molecule has 0 aliphatic rings. The molecule has 0 radical (unpaired) electrons. The van der Waals surface area contributed by atoms with Gasteiger partial charge < -0.3 is 19.2 Å². The molecule has 1 heterocycles. The zero-order chi connectivity index (χ0) is 21.3. The molecule has 0 saturated carbocycles. The fraction of sp³-hybridized carbons (Fsp3) is 0.250. The fourth-order valence-electron chi connectivity index (χ4n) is 2.98. The number of para-hydroxylation sites is 1. The van der Waals surface area contributed by atoms with Crippen molar-refractivity contribution in [2.24, 2.45) is 0 Å². The van der Waals surface area contributed by atoms with Crippen molar-refractivity contribution in [2.75, 3.05) is 7.11 Å². The summed E-state index contributed by atoms with van der Waals surface area (Å²) in [5.74, 6) is 1.32. The van der Waals surface area contributed by atoms with E-state index in [0.29, 0.717) is 24.5 Å². The number of aryl methyl sites for hydroxylation is 1. The molecule has 30 heavy (non-hydrogen) atoms. The molecular formula is C24H25NO5. The molecule has 0 bridgehead atoms. The summed E-state index contributed by atoms with van der Waals surface area (Å²) in [6.45, 7) is 1.84. The number of hydrogen-bond acceptors (Lipinski definition) is 5. The zero-order valence-corrected chi connectivity index (χ0v) is 17.1. The smallest absolute Gasteiger partial charge is 0.307 e. The lowest BCUT2D eigenvalue weighted by Gasteiger charge is -2.14.